The average Bonchev–Trinajstić information content (AvgIpc) is 2.13. The summed E-state index contributed by atoms with van der Waals surface area (Å²) in [5.74, 6) is 2.52. The second kappa shape index (κ2) is 10.2. The minimum absolute atomic E-state index is 0. The zero-order valence-corrected chi connectivity index (χ0v) is 15.8. The molecule has 0 fully saturated rings. The Morgan fingerprint density at radius 2 is 1.56 bits per heavy atom. The van der Waals surface area contributed by atoms with Crippen LogP contribution in [0, 0.1) is 42.9 Å². The van der Waals surface area contributed by atoms with Crippen LogP contribution in [0.1, 0.15) is 54.4 Å². The van der Waals surface area contributed by atoms with Gasteiger partial charge >= 0.3 is 0 Å². The molecule has 0 aromatic heterocycles. The van der Waals surface area contributed by atoms with Crippen molar-refractivity contribution < 1.29 is 37.5 Å². The van der Waals surface area contributed by atoms with Gasteiger partial charge in [-0.1, -0.05) is 48.0 Å². The van der Waals surface area contributed by atoms with Crippen molar-refractivity contribution in [3.05, 3.63) is 13.8 Å². The SMILES string of the molecule is C#CC[CH2-].[CH2-]C(CC(C)(C)C)C(=O)C(C)(C)C.[Y]. The standard InChI is InChI=1S/C12H23O.C4H5.Y/c1-9(8-11(2,3)4)10(13)12(5,6)7;1-3-4-2;/h9H,1,8H2,2-7H3;1H,2,4H2;/q2*-1;. The van der Waals surface area contributed by atoms with Crippen molar-refractivity contribution in [1.29, 1.82) is 0 Å². The van der Waals surface area contributed by atoms with E-state index in [4.69, 9.17) is 6.42 Å². The summed E-state index contributed by atoms with van der Waals surface area (Å²) in [4.78, 5) is 11.8. The van der Waals surface area contributed by atoms with Gasteiger partial charge in [-0.15, -0.1) is 24.7 Å². The van der Waals surface area contributed by atoms with Gasteiger partial charge in [0, 0.05) is 38.1 Å². The molecule has 0 aliphatic carbocycles. The van der Waals surface area contributed by atoms with E-state index in [1.54, 1.807) is 0 Å². The van der Waals surface area contributed by atoms with Gasteiger partial charge in [0.15, 0.2) is 0 Å². The van der Waals surface area contributed by atoms with Crippen LogP contribution < -0.4 is 0 Å². The van der Waals surface area contributed by atoms with Gasteiger partial charge in [0.1, 0.15) is 5.78 Å². The Bertz CT molecular complexity index is 260. The minimum atomic E-state index is -0.252. The topological polar surface area (TPSA) is 17.1 Å². The Balaban J connectivity index is -0.000000392. The van der Waals surface area contributed by atoms with E-state index in [0.29, 0.717) is 6.42 Å². The normalized spacial score (nSPS) is 12.4. The third kappa shape index (κ3) is 14.4. The Hall–Kier alpha value is 0.334. The molecule has 0 rings (SSSR count). The van der Waals surface area contributed by atoms with Crippen LogP contribution in [-0.4, -0.2) is 5.78 Å². The number of hydrogen-bond acceptors (Lipinski definition) is 1. The number of hydrogen-bond donors (Lipinski definition) is 0. The molecule has 0 aromatic rings. The molecule has 0 amide bonds. The van der Waals surface area contributed by atoms with E-state index in [9.17, 15) is 4.79 Å². The van der Waals surface area contributed by atoms with E-state index in [1.807, 2.05) is 20.8 Å². The summed E-state index contributed by atoms with van der Waals surface area (Å²) in [5, 5.41) is 0. The Morgan fingerprint density at radius 3 is 1.72 bits per heavy atom. The van der Waals surface area contributed by atoms with Gasteiger partial charge in [-0.3, -0.25) is 0 Å². The number of terminal acetylenes is 1. The summed E-state index contributed by atoms with van der Waals surface area (Å²) in [7, 11) is 0. The maximum Gasteiger partial charge on any atom is 0.111 e. The number of Topliss-reactive ketones (excluding diaryl/α,β-unsaturated/α-hetero) is 1. The van der Waals surface area contributed by atoms with Crippen LogP contribution in [0.25, 0.3) is 0 Å². The molecular weight excluding hydrogens is 297 g/mol. The van der Waals surface area contributed by atoms with E-state index in [-0.39, 0.29) is 55.2 Å². The van der Waals surface area contributed by atoms with Crippen molar-refractivity contribution in [3.8, 4) is 12.3 Å². The fraction of sp³-hybridized carbons (Fsp3) is 0.688. The molecule has 0 saturated carbocycles. The third-order valence-corrected chi connectivity index (χ3v) is 2.11. The van der Waals surface area contributed by atoms with E-state index in [2.05, 4.69) is 40.5 Å². The Kier molecular flexibility index (Phi) is 13.2. The van der Waals surface area contributed by atoms with Crippen LogP contribution in [0.4, 0.5) is 0 Å². The van der Waals surface area contributed by atoms with E-state index in [0.717, 1.165) is 6.42 Å². The molecule has 1 radical (unpaired) electrons. The van der Waals surface area contributed by atoms with Gasteiger partial charge in [0.05, 0.1) is 0 Å². The molecule has 2 heteroatoms. The van der Waals surface area contributed by atoms with Crippen LogP contribution in [0.5, 0.6) is 0 Å². The first kappa shape index (κ1) is 23.4. The molecule has 0 aliphatic heterocycles. The second-order valence-corrected chi connectivity index (χ2v) is 6.53. The Labute approximate surface area is 140 Å². The van der Waals surface area contributed by atoms with E-state index in [1.165, 1.54) is 0 Å². The second-order valence-electron chi connectivity index (χ2n) is 6.53. The zero-order chi connectivity index (χ0) is 14.3. The number of ketones is 1. The van der Waals surface area contributed by atoms with Crippen molar-refractivity contribution in [2.45, 2.75) is 54.4 Å². The summed E-state index contributed by atoms with van der Waals surface area (Å²) in [6.07, 6.45) is 6.18. The maximum absolute atomic E-state index is 11.8. The molecule has 0 N–H and O–H groups in total. The number of carbonyl (C=O) groups is 1. The van der Waals surface area contributed by atoms with Gasteiger partial charge in [-0.2, -0.15) is 0 Å². The summed E-state index contributed by atoms with van der Waals surface area (Å²) in [6, 6.07) is 0. The van der Waals surface area contributed by atoms with Crippen molar-refractivity contribution in [3.63, 3.8) is 0 Å². The minimum Gasteiger partial charge on any atom is -0.333 e. The molecule has 103 valence electrons. The number of rotatable bonds is 2. The van der Waals surface area contributed by atoms with Crippen molar-refractivity contribution in [2.75, 3.05) is 0 Å². The largest absolute Gasteiger partial charge is 0.333 e. The van der Waals surface area contributed by atoms with Gasteiger partial charge in [-0.25, -0.2) is 0 Å². The monoisotopic (exact) mass is 325 g/mol. The van der Waals surface area contributed by atoms with Crippen LogP contribution in [0.3, 0.4) is 0 Å². The van der Waals surface area contributed by atoms with Gasteiger partial charge in [0.25, 0.3) is 0 Å². The van der Waals surface area contributed by atoms with Gasteiger partial charge < -0.3 is 18.6 Å². The summed E-state index contributed by atoms with van der Waals surface area (Å²) in [5.41, 5.74) is -0.0645. The van der Waals surface area contributed by atoms with E-state index >= 15 is 0 Å². The summed E-state index contributed by atoms with van der Waals surface area (Å²) >= 11 is 0. The van der Waals surface area contributed by atoms with Crippen LogP contribution in [-0.2, 0) is 37.5 Å². The first-order valence-corrected chi connectivity index (χ1v) is 6.06. The first-order chi connectivity index (χ1) is 7.45. The third-order valence-electron chi connectivity index (χ3n) is 2.11. The predicted molar refractivity (Wildman–Crippen MR) is 76.2 cm³/mol. The smallest absolute Gasteiger partial charge is 0.111 e. The number of carbonyl (C=O) groups excluding carboxylic acids is 1. The molecule has 1 nitrogen and oxygen atoms in total. The quantitative estimate of drug-likeness (QED) is 0.545. The van der Waals surface area contributed by atoms with E-state index < -0.39 is 0 Å². The fourth-order valence-corrected chi connectivity index (χ4v) is 1.44. The Morgan fingerprint density at radius 1 is 1.22 bits per heavy atom. The maximum atomic E-state index is 11.8. The zero-order valence-electron chi connectivity index (χ0n) is 13.0. The van der Waals surface area contributed by atoms with Crippen LogP contribution in [0.2, 0.25) is 0 Å². The van der Waals surface area contributed by atoms with Crippen LogP contribution in [0.15, 0.2) is 0 Å². The van der Waals surface area contributed by atoms with Gasteiger partial charge in [0.2, 0.25) is 0 Å². The molecule has 0 aromatic carbocycles. The first-order valence-electron chi connectivity index (χ1n) is 6.06. The molecule has 0 saturated heterocycles. The molecule has 0 heterocycles. The summed E-state index contributed by atoms with van der Waals surface area (Å²) < 4.78 is 0. The molecule has 1 unspecified atom stereocenters. The molecular formula is C16H28OY-2. The molecule has 0 aliphatic rings. The van der Waals surface area contributed by atoms with Crippen molar-refractivity contribution in [2.24, 2.45) is 16.7 Å². The predicted octanol–water partition coefficient (Wildman–Crippen LogP) is 4.33. The molecule has 0 bridgehead atoms. The van der Waals surface area contributed by atoms with Crippen molar-refractivity contribution >= 4 is 5.78 Å². The van der Waals surface area contributed by atoms with Crippen molar-refractivity contribution in [1.82, 2.24) is 0 Å². The molecule has 1 atom stereocenters. The van der Waals surface area contributed by atoms with Gasteiger partial charge in [-0.05, 0) is 5.41 Å². The summed E-state index contributed by atoms with van der Waals surface area (Å²) in [6.45, 7) is 19.6. The fourth-order valence-electron chi connectivity index (χ4n) is 1.44. The average molecular weight is 325 g/mol. The van der Waals surface area contributed by atoms with Crippen LogP contribution >= 0.6 is 0 Å². The molecule has 0 spiro atoms. The molecule has 18 heavy (non-hydrogen) atoms.